The van der Waals surface area contributed by atoms with Crippen LogP contribution in [0.1, 0.15) is 46.9 Å². The summed E-state index contributed by atoms with van der Waals surface area (Å²) in [7, 11) is 0. The molecule has 0 aliphatic carbocycles. The van der Waals surface area contributed by atoms with Crippen molar-refractivity contribution in [3.05, 3.63) is 16.5 Å². The number of halogens is 1. The van der Waals surface area contributed by atoms with Gasteiger partial charge in [0.15, 0.2) is 0 Å². The summed E-state index contributed by atoms with van der Waals surface area (Å²) in [6, 6.07) is 1.74. The number of anilines is 1. The Labute approximate surface area is 122 Å². The van der Waals surface area contributed by atoms with E-state index in [1.807, 2.05) is 27.7 Å². The molecule has 1 atom stereocenters. The summed E-state index contributed by atoms with van der Waals surface area (Å²) in [5, 5.41) is 3.10. The van der Waals surface area contributed by atoms with Gasteiger partial charge in [0.2, 0.25) is 5.91 Å². The van der Waals surface area contributed by atoms with E-state index in [1.54, 1.807) is 13.0 Å². The van der Waals surface area contributed by atoms with E-state index >= 15 is 0 Å². The van der Waals surface area contributed by atoms with Gasteiger partial charge < -0.3 is 11.1 Å². The second-order valence-corrected chi connectivity index (χ2v) is 6.64. The Morgan fingerprint density at radius 3 is 2.37 bits per heavy atom. The van der Waals surface area contributed by atoms with Gasteiger partial charge in [-0.3, -0.25) is 4.79 Å². The first-order valence-corrected chi connectivity index (χ1v) is 7.01. The lowest BCUT2D eigenvalue weighted by Crippen LogP contribution is -2.47. The fraction of sp³-hybridized carbons (Fsp3) is 0.615. The van der Waals surface area contributed by atoms with E-state index in [4.69, 9.17) is 5.73 Å². The Bertz CT molecular complexity index is 484. The highest BCUT2D eigenvalue weighted by molar-refractivity contribution is 9.10. The van der Waals surface area contributed by atoms with Crippen molar-refractivity contribution in [2.24, 2.45) is 5.73 Å². The Balaban J connectivity index is 3.15. The molecule has 106 valence electrons. The highest BCUT2D eigenvalue weighted by Gasteiger charge is 2.30. The van der Waals surface area contributed by atoms with Crippen LogP contribution in [0.2, 0.25) is 0 Å². The molecule has 0 saturated carbocycles. The van der Waals surface area contributed by atoms with Crippen molar-refractivity contribution in [1.29, 1.82) is 0 Å². The van der Waals surface area contributed by atoms with Crippen LogP contribution < -0.4 is 11.1 Å². The molecule has 1 amide bonds. The maximum atomic E-state index is 11.5. The monoisotopic (exact) mass is 328 g/mol. The van der Waals surface area contributed by atoms with Crippen molar-refractivity contribution in [2.45, 2.75) is 52.0 Å². The smallest absolute Gasteiger partial charge is 0.242 e. The number of primary amides is 1. The predicted octanol–water partition coefficient (Wildman–Crippen LogP) is 2.60. The van der Waals surface area contributed by atoms with Crippen molar-refractivity contribution in [3.8, 4) is 0 Å². The van der Waals surface area contributed by atoms with Gasteiger partial charge in [-0.25, -0.2) is 9.97 Å². The summed E-state index contributed by atoms with van der Waals surface area (Å²) in [6.45, 7) is 9.77. The van der Waals surface area contributed by atoms with E-state index < -0.39 is 11.4 Å². The van der Waals surface area contributed by atoms with Crippen LogP contribution in [0.25, 0.3) is 0 Å². The number of rotatable bonds is 4. The van der Waals surface area contributed by atoms with E-state index in [0.29, 0.717) is 22.7 Å². The van der Waals surface area contributed by atoms with Gasteiger partial charge in [-0.05, 0) is 29.3 Å². The number of amides is 1. The van der Waals surface area contributed by atoms with Crippen molar-refractivity contribution >= 4 is 27.7 Å². The quantitative estimate of drug-likeness (QED) is 0.832. The van der Waals surface area contributed by atoms with Crippen molar-refractivity contribution in [3.63, 3.8) is 0 Å². The van der Waals surface area contributed by atoms with Crippen LogP contribution >= 0.6 is 15.9 Å². The number of nitrogens with zero attached hydrogens (tertiary/aromatic N) is 2. The highest BCUT2D eigenvalue weighted by atomic mass is 79.9. The van der Waals surface area contributed by atoms with Gasteiger partial charge in [0.05, 0.1) is 0 Å². The number of nitrogens with two attached hydrogens (primary N) is 1. The maximum Gasteiger partial charge on any atom is 0.242 e. The van der Waals surface area contributed by atoms with Crippen LogP contribution in [0.15, 0.2) is 10.7 Å². The molecule has 1 aromatic rings. The molecule has 0 fully saturated rings. The van der Waals surface area contributed by atoms with E-state index in [0.717, 1.165) is 0 Å². The molecule has 1 unspecified atom stereocenters. The number of hydrogen-bond acceptors (Lipinski definition) is 4. The molecule has 0 spiro atoms. The van der Waals surface area contributed by atoms with Gasteiger partial charge in [0.25, 0.3) is 0 Å². The second kappa shape index (κ2) is 5.45. The average molecular weight is 329 g/mol. The van der Waals surface area contributed by atoms with Crippen molar-refractivity contribution in [2.75, 3.05) is 5.32 Å². The third-order valence-electron chi connectivity index (χ3n) is 3.02. The van der Waals surface area contributed by atoms with Gasteiger partial charge in [-0.1, -0.05) is 27.7 Å². The van der Waals surface area contributed by atoms with E-state index in [2.05, 4.69) is 31.2 Å². The summed E-state index contributed by atoms with van der Waals surface area (Å²) >= 11 is 3.36. The minimum atomic E-state index is -0.817. The normalized spacial score (nSPS) is 14.8. The van der Waals surface area contributed by atoms with E-state index in [1.165, 1.54) is 0 Å². The molecule has 19 heavy (non-hydrogen) atoms. The fourth-order valence-corrected chi connectivity index (χ4v) is 1.81. The van der Waals surface area contributed by atoms with Crippen molar-refractivity contribution < 1.29 is 4.79 Å². The molecule has 0 aliphatic rings. The number of aromatic nitrogens is 2. The van der Waals surface area contributed by atoms with E-state index in [-0.39, 0.29) is 5.41 Å². The predicted molar refractivity (Wildman–Crippen MR) is 79.9 cm³/mol. The number of carbonyl (C=O) groups is 1. The lowest BCUT2D eigenvalue weighted by atomic mass is 9.95. The van der Waals surface area contributed by atoms with Gasteiger partial charge in [0.1, 0.15) is 21.8 Å². The summed E-state index contributed by atoms with van der Waals surface area (Å²) in [5.41, 5.74) is 4.45. The first kappa shape index (κ1) is 15.9. The second-order valence-electron chi connectivity index (χ2n) is 5.82. The minimum Gasteiger partial charge on any atom is -0.368 e. The first-order valence-electron chi connectivity index (χ1n) is 6.21. The fourth-order valence-electron chi connectivity index (χ4n) is 1.42. The molecule has 0 saturated heterocycles. The number of hydrogen-bond donors (Lipinski definition) is 2. The van der Waals surface area contributed by atoms with Gasteiger partial charge >= 0.3 is 0 Å². The zero-order valence-electron chi connectivity index (χ0n) is 12.0. The molecule has 0 radical (unpaired) electrons. The van der Waals surface area contributed by atoms with Crippen LogP contribution in [0.3, 0.4) is 0 Å². The largest absolute Gasteiger partial charge is 0.368 e. The van der Waals surface area contributed by atoms with Crippen LogP contribution in [0, 0.1) is 0 Å². The Morgan fingerprint density at radius 2 is 1.95 bits per heavy atom. The Kier molecular flexibility index (Phi) is 4.55. The molecule has 0 bridgehead atoms. The zero-order valence-corrected chi connectivity index (χ0v) is 13.6. The first-order chi connectivity index (χ1) is 8.58. The lowest BCUT2D eigenvalue weighted by molar-refractivity contribution is -0.121. The van der Waals surface area contributed by atoms with Crippen LogP contribution in [-0.2, 0) is 10.2 Å². The molecule has 6 heteroatoms. The zero-order chi connectivity index (χ0) is 14.8. The van der Waals surface area contributed by atoms with Gasteiger partial charge in [-0.15, -0.1) is 0 Å². The standard InChI is InChI=1S/C13H21BrN4O/c1-6-13(5,10(15)19)18-9-7-8(14)16-11(17-9)12(2,3)4/h7H,6H2,1-5H3,(H2,15,19)(H,16,17,18). The summed E-state index contributed by atoms with van der Waals surface area (Å²) in [5.74, 6) is 0.893. The summed E-state index contributed by atoms with van der Waals surface area (Å²) < 4.78 is 0.679. The van der Waals surface area contributed by atoms with Gasteiger partial charge in [0, 0.05) is 11.5 Å². The molecule has 1 heterocycles. The molecule has 1 aromatic heterocycles. The Hall–Kier alpha value is -1.17. The Morgan fingerprint density at radius 1 is 1.37 bits per heavy atom. The van der Waals surface area contributed by atoms with Crippen LogP contribution in [0.4, 0.5) is 5.82 Å². The highest BCUT2D eigenvalue weighted by Crippen LogP contribution is 2.24. The van der Waals surface area contributed by atoms with E-state index in [9.17, 15) is 4.79 Å². The maximum absolute atomic E-state index is 11.5. The molecule has 1 rings (SSSR count). The SMILES string of the molecule is CCC(C)(Nc1cc(Br)nc(C(C)(C)C)n1)C(N)=O. The molecular weight excluding hydrogens is 308 g/mol. The van der Waals surface area contributed by atoms with Crippen LogP contribution in [-0.4, -0.2) is 21.4 Å². The average Bonchev–Trinajstić information content (AvgIpc) is 2.26. The number of nitrogens with one attached hydrogen (secondary N) is 1. The summed E-state index contributed by atoms with van der Waals surface area (Å²) in [4.78, 5) is 20.3. The molecule has 5 nitrogen and oxygen atoms in total. The molecule has 0 aromatic carbocycles. The topological polar surface area (TPSA) is 80.9 Å². The molecule has 0 aliphatic heterocycles. The van der Waals surface area contributed by atoms with Crippen LogP contribution in [0.5, 0.6) is 0 Å². The third kappa shape index (κ3) is 3.89. The summed E-state index contributed by atoms with van der Waals surface area (Å²) in [6.07, 6.45) is 0.578. The van der Waals surface area contributed by atoms with Gasteiger partial charge in [-0.2, -0.15) is 0 Å². The third-order valence-corrected chi connectivity index (χ3v) is 3.43. The van der Waals surface area contributed by atoms with Crippen molar-refractivity contribution in [1.82, 2.24) is 9.97 Å². The number of carbonyl (C=O) groups excluding carboxylic acids is 1. The lowest BCUT2D eigenvalue weighted by Gasteiger charge is -2.27. The molecule has 3 N–H and O–H groups in total. The molecular formula is C13H21BrN4O. The minimum absolute atomic E-state index is 0.171.